The number of carbonyl (C=O) groups excluding carboxylic acids is 2. The lowest BCUT2D eigenvalue weighted by Crippen LogP contribution is -2.49. The standard InChI is InChI=1S/C12H21N3O3/c1-14(2)6-8-5-9(16)7-15(8)12(18)10-3-4-11(17)13-10/h8-10,16H,3-7H2,1-2H3,(H,13,17). The zero-order valence-corrected chi connectivity index (χ0v) is 10.9. The lowest BCUT2D eigenvalue weighted by atomic mass is 10.1. The molecule has 2 N–H and O–H groups in total. The van der Waals surface area contributed by atoms with Crippen LogP contribution in [0.25, 0.3) is 0 Å². The maximum Gasteiger partial charge on any atom is 0.245 e. The Morgan fingerprint density at radius 2 is 2.28 bits per heavy atom. The number of β-amino-alcohol motifs (C(OH)–C–C–N with tert-alkyl or cyclic N) is 1. The third-order valence-electron chi connectivity index (χ3n) is 3.54. The van der Waals surface area contributed by atoms with E-state index in [1.54, 1.807) is 4.90 Å². The Morgan fingerprint density at radius 3 is 2.83 bits per heavy atom. The third-order valence-corrected chi connectivity index (χ3v) is 3.54. The summed E-state index contributed by atoms with van der Waals surface area (Å²) in [5, 5.41) is 12.4. The molecule has 2 aliphatic rings. The second-order valence-corrected chi connectivity index (χ2v) is 5.45. The van der Waals surface area contributed by atoms with Crippen LogP contribution in [-0.2, 0) is 9.59 Å². The number of aliphatic hydroxyl groups is 1. The van der Waals surface area contributed by atoms with E-state index >= 15 is 0 Å². The molecule has 2 heterocycles. The van der Waals surface area contributed by atoms with Crippen molar-refractivity contribution in [2.75, 3.05) is 27.2 Å². The zero-order chi connectivity index (χ0) is 13.3. The average molecular weight is 255 g/mol. The quantitative estimate of drug-likeness (QED) is 0.663. The Hall–Kier alpha value is -1.14. The van der Waals surface area contributed by atoms with Crippen LogP contribution in [0.5, 0.6) is 0 Å². The average Bonchev–Trinajstić information content (AvgIpc) is 2.83. The minimum Gasteiger partial charge on any atom is -0.391 e. The SMILES string of the molecule is CN(C)CC1CC(O)CN1C(=O)C1CCC(=O)N1. The normalized spacial score (nSPS) is 32.1. The summed E-state index contributed by atoms with van der Waals surface area (Å²) in [6.45, 7) is 1.12. The number of carbonyl (C=O) groups is 2. The van der Waals surface area contributed by atoms with E-state index in [-0.39, 0.29) is 17.9 Å². The van der Waals surface area contributed by atoms with Crippen LogP contribution in [0.2, 0.25) is 0 Å². The van der Waals surface area contributed by atoms with E-state index in [1.165, 1.54) is 0 Å². The molecule has 2 saturated heterocycles. The maximum atomic E-state index is 12.3. The van der Waals surface area contributed by atoms with Gasteiger partial charge in [0.25, 0.3) is 0 Å². The molecule has 2 aliphatic heterocycles. The van der Waals surface area contributed by atoms with Gasteiger partial charge in [0.2, 0.25) is 11.8 Å². The van der Waals surface area contributed by atoms with Crippen LogP contribution in [0.1, 0.15) is 19.3 Å². The third kappa shape index (κ3) is 2.81. The number of likely N-dealkylation sites (N-methyl/N-ethyl adjacent to an activating group) is 1. The monoisotopic (exact) mass is 255 g/mol. The molecule has 2 fully saturated rings. The predicted molar refractivity (Wildman–Crippen MR) is 65.8 cm³/mol. The minimum atomic E-state index is -0.448. The first-order chi connectivity index (χ1) is 8.47. The van der Waals surface area contributed by atoms with Crippen LogP contribution in [0.15, 0.2) is 0 Å². The van der Waals surface area contributed by atoms with Crippen LogP contribution >= 0.6 is 0 Å². The highest BCUT2D eigenvalue weighted by Crippen LogP contribution is 2.21. The lowest BCUT2D eigenvalue weighted by molar-refractivity contribution is -0.135. The molecule has 2 amide bonds. The highest BCUT2D eigenvalue weighted by atomic mass is 16.3. The van der Waals surface area contributed by atoms with E-state index in [0.29, 0.717) is 25.8 Å². The molecule has 0 bridgehead atoms. The minimum absolute atomic E-state index is 0.0417. The molecule has 102 valence electrons. The molecule has 6 nitrogen and oxygen atoms in total. The van der Waals surface area contributed by atoms with Gasteiger partial charge in [-0.25, -0.2) is 0 Å². The summed E-state index contributed by atoms with van der Waals surface area (Å²) in [5.74, 6) is -0.110. The van der Waals surface area contributed by atoms with E-state index in [9.17, 15) is 14.7 Å². The van der Waals surface area contributed by atoms with Gasteiger partial charge in [-0.2, -0.15) is 0 Å². The van der Waals surface area contributed by atoms with Crippen molar-refractivity contribution in [2.24, 2.45) is 0 Å². The first-order valence-corrected chi connectivity index (χ1v) is 6.40. The number of hydrogen-bond donors (Lipinski definition) is 2. The second kappa shape index (κ2) is 5.24. The molecular weight excluding hydrogens is 234 g/mol. The summed E-state index contributed by atoms with van der Waals surface area (Å²) >= 11 is 0. The van der Waals surface area contributed by atoms with Crippen LogP contribution in [-0.4, -0.2) is 72.1 Å². The van der Waals surface area contributed by atoms with Gasteiger partial charge in [-0.05, 0) is 26.9 Å². The van der Waals surface area contributed by atoms with Crippen molar-refractivity contribution in [3.8, 4) is 0 Å². The van der Waals surface area contributed by atoms with Gasteiger partial charge < -0.3 is 20.2 Å². The van der Waals surface area contributed by atoms with Gasteiger partial charge in [-0.1, -0.05) is 0 Å². The summed E-state index contributed by atoms with van der Waals surface area (Å²) in [6.07, 6.45) is 1.16. The van der Waals surface area contributed by atoms with Crippen molar-refractivity contribution in [2.45, 2.75) is 37.5 Å². The second-order valence-electron chi connectivity index (χ2n) is 5.45. The molecule has 0 aromatic carbocycles. The fraction of sp³-hybridized carbons (Fsp3) is 0.833. The number of nitrogens with zero attached hydrogens (tertiary/aromatic N) is 2. The summed E-state index contributed by atoms with van der Waals surface area (Å²) < 4.78 is 0. The van der Waals surface area contributed by atoms with Crippen LogP contribution in [0.3, 0.4) is 0 Å². The Balaban J connectivity index is 2.01. The largest absolute Gasteiger partial charge is 0.391 e. The van der Waals surface area contributed by atoms with Crippen molar-refractivity contribution in [3.05, 3.63) is 0 Å². The summed E-state index contributed by atoms with van der Waals surface area (Å²) in [5.41, 5.74) is 0. The van der Waals surface area contributed by atoms with Gasteiger partial charge in [0.15, 0.2) is 0 Å². The Kier molecular flexibility index (Phi) is 3.87. The maximum absolute atomic E-state index is 12.3. The molecule has 18 heavy (non-hydrogen) atoms. The summed E-state index contributed by atoms with van der Waals surface area (Å²) in [6, 6.07) is -0.354. The van der Waals surface area contributed by atoms with Crippen molar-refractivity contribution in [3.63, 3.8) is 0 Å². The first kappa shape index (κ1) is 13.3. The molecule has 3 unspecified atom stereocenters. The van der Waals surface area contributed by atoms with Crippen molar-refractivity contribution in [1.29, 1.82) is 0 Å². The van der Waals surface area contributed by atoms with Gasteiger partial charge >= 0.3 is 0 Å². The number of rotatable bonds is 3. The highest BCUT2D eigenvalue weighted by molar-refractivity contribution is 5.91. The number of likely N-dealkylation sites (tertiary alicyclic amines) is 1. The van der Waals surface area contributed by atoms with Crippen molar-refractivity contribution < 1.29 is 14.7 Å². The van der Waals surface area contributed by atoms with Crippen molar-refractivity contribution in [1.82, 2.24) is 15.1 Å². The molecule has 0 saturated carbocycles. The van der Waals surface area contributed by atoms with Gasteiger partial charge in [0.05, 0.1) is 6.10 Å². The van der Waals surface area contributed by atoms with Crippen LogP contribution in [0, 0.1) is 0 Å². The molecular formula is C12H21N3O3. The number of amides is 2. The Labute approximate surface area is 107 Å². The first-order valence-electron chi connectivity index (χ1n) is 6.40. The molecule has 0 aromatic heterocycles. The van der Waals surface area contributed by atoms with Gasteiger partial charge in [-0.15, -0.1) is 0 Å². The molecule has 2 rings (SSSR count). The molecule has 3 atom stereocenters. The van der Waals surface area contributed by atoms with Gasteiger partial charge in [-0.3, -0.25) is 9.59 Å². The van der Waals surface area contributed by atoms with Crippen LogP contribution in [0.4, 0.5) is 0 Å². The predicted octanol–water partition coefficient (Wildman–Crippen LogP) is -1.21. The molecule has 0 spiro atoms. The molecule has 0 aliphatic carbocycles. The van der Waals surface area contributed by atoms with E-state index < -0.39 is 12.1 Å². The zero-order valence-electron chi connectivity index (χ0n) is 10.9. The number of nitrogens with one attached hydrogen (secondary N) is 1. The van der Waals surface area contributed by atoms with Crippen molar-refractivity contribution >= 4 is 11.8 Å². The summed E-state index contributed by atoms with van der Waals surface area (Å²) in [4.78, 5) is 27.2. The summed E-state index contributed by atoms with van der Waals surface area (Å²) in [7, 11) is 3.90. The lowest BCUT2D eigenvalue weighted by Gasteiger charge is -2.28. The Bertz CT molecular complexity index is 345. The Morgan fingerprint density at radius 1 is 1.56 bits per heavy atom. The molecule has 0 radical (unpaired) electrons. The molecule has 6 heteroatoms. The number of hydrogen-bond acceptors (Lipinski definition) is 4. The van der Waals surface area contributed by atoms with Gasteiger partial charge in [0, 0.05) is 25.6 Å². The van der Waals surface area contributed by atoms with E-state index in [2.05, 4.69) is 5.32 Å². The smallest absolute Gasteiger partial charge is 0.245 e. The van der Waals surface area contributed by atoms with E-state index in [1.807, 2.05) is 19.0 Å². The number of aliphatic hydroxyl groups excluding tert-OH is 1. The van der Waals surface area contributed by atoms with E-state index in [4.69, 9.17) is 0 Å². The van der Waals surface area contributed by atoms with E-state index in [0.717, 1.165) is 6.54 Å². The molecule has 0 aromatic rings. The highest BCUT2D eigenvalue weighted by Gasteiger charge is 2.39. The fourth-order valence-corrected chi connectivity index (χ4v) is 2.76. The van der Waals surface area contributed by atoms with Crippen LogP contribution < -0.4 is 5.32 Å². The fourth-order valence-electron chi connectivity index (χ4n) is 2.76. The van der Waals surface area contributed by atoms with Gasteiger partial charge in [0.1, 0.15) is 6.04 Å². The topological polar surface area (TPSA) is 72.9 Å².